The predicted octanol–water partition coefficient (Wildman–Crippen LogP) is 4.00. The summed E-state index contributed by atoms with van der Waals surface area (Å²) in [5, 5.41) is 9.13. The number of hydrogen-bond acceptors (Lipinski definition) is 2. The van der Waals surface area contributed by atoms with E-state index in [9.17, 15) is 4.79 Å². The molecule has 0 saturated carbocycles. The van der Waals surface area contributed by atoms with Gasteiger partial charge in [-0.1, -0.05) is 58.9 Å². The molecule has 1 aromatic rings. The molecule has 0 saturated heterocycles. The molecule has 0 aromatic heterocycles. The number of hydrogen-bond donors (Lipinski definition) is 1. The lowest BCUT2D eigenvalue weighted by Crippen LogP contribution is -2.25. The van der Waals surface area contributed by atoms with E-state index in [1.54, 1.807) is 0 Å². The Labute approximate surface area is 122 Å². The van der Waals surface area contributed by atoms with Crippen molar-refractivity contribution in [3.05, 3.63) is 35.4 Å². The summed E-state index contributed by atoms with van der Waals surface area (Å²) in [5.74, 6) is -0.579. The van der Waals surface area contributed by atoms with Gasteiger partial charge in [0.15, 0.2) is 6.10 Å². The molecule has 0 fully saturated rings. The Hall–Kier alpha value is -1.35. The van der Waals surface area contributed by atoms with Gasteiger partial charge in [-0.2, -0.15) is 0 Å². The molecule has 1 N–H and O–H groups in total. The van der Waals surface area contributed by atoms with Crippen LogP contribution in [0.2, 0.25) is 0 Å². The molecule has 0 amide bonds. The van der Waals surface area contributed by atoms with Gasteiger partial charge >= 0.3 is 5.97 Å². The zero-order chi connectivity index (χ0) is 15.3. The van der Waals surface area contributed by atoms with Gasteiger partial charge in [-0.25, -0.2) is 4.79 Å². The van der Waals surface area contributed by atoms with E-state index in [1.165, 1.54) is 5.56 Å². The fourth-order valence-corrected chi connectivity index (χ4v) is 1.97. The molecule has 0 aliphatic heterocycles. The lowest BCUT2D eigenvalue weighted by Gasteiger charge is -2.19. The molecule has 1 atom stereocenters. The second-order valence-corrected chi connectivity index (χ2v) is 6.71. The van der Waals surface area contributed by atoms with Crippen LogP contribution in [0.25, 0.3) is 0 Å². The summed E-state index contributed by atoms with van der Waals surface area (Å²) in [5.41, 5.74) is 2.40. The van der Waals surface area contributed by atoms with Gasteiger partial charge in [-0.3, -0.25) is 0 Å². The molecule has 0 radical (unpaired) electrons. The summed E-state index contributed by atoms with van der Waals surface area (Å²) in [6.45, 7) is 10.8. The van der Waals surface area contributed by atoms with Gasteiger partial charge in [0.05, 0.1) is 6.61 Å². The van der Waals surface area contributed by atoms with Gasteiger partial charge < -0.3 is 9.84 Å². The summed E-state index contributed by atoms with van der Waals surface area (Å²) < 4.78 is 5.53. The molecule has 20 heavy (non-hydrogen) atoms. The second-order valence-electron chi connectivity index (χ2n) is 6.71. The summed E-state index contributed by atoms with van der Waals surface area (Å²) in [4.78, 5) is 11.1. The molecule has 0 aliphatic rings. The van der Waals surface area contributed by atoms with Gasteiger partial charge in [-0.05, 0) is 28.9 Å². The van der Waals surface area contributed by atoms with E-state index in [1.807, 2.05) is 26.0 Å². The number of ether oxygens (including phenoxy) is 1. The Balaban J connectivity index is 2.62. The van der Waals surface area contributed by atoms with Crippen LogP contribution < -0.4 is 0 Å². The zero-order valence-electron chi connectivity index (χ0n) is 13.1. The van der Waals surface area contributed by atoms with Crippen molar-refractivity contribution < 1.29 is 14.6 Å². The van der Waals surface area contributed by atoms with Crippen molar-refractivity contribution >= 4 is 5.97 Å². The summed E-state index contributed by atoms with van der Waals surface area (Å²) in [7, 11) is 0. The Morgan fingerprint density at radius 1 is 1.20 bits per heavy atom. The maximum atomic E-state index is 11.1. The van der Waals surface area contributed by atoms with Crippen LogP contribution in [0.3, 0.4) is 0 Å². The molecule has 1 aromatic carbocycles. The normalized spacial score (nSPS) is 13.5. The minimum atomic E-state index is -0.884. The first-order chi connectivity index (χ1) is 9.20. The van der Waals surface area contributed by atoms with Crippen molar-refractivity contribution in [3.8, 4) is 0 Å². The number of carboxylic acid groups (broad SMARTS) is 1. The van der Waals surface area contributed by atoms with E-state index in [-0.39, 0.29) is 5.41 Å². The molecular formula is C17H26O3. The van der Waals surface area contributed by atoms with E-state index in [0.717, 1.165) is 5.56 Å². The van der Waals surface area contributed by atoms with Crippen molar-refractivity contribution in [2.75, 3.05) is 0 Å². The minimum Gasteiger partial charge on any atom is -0.479 e. The first kappa shape index (κ1) is 16.7. The van der Waals surface area contributed by atoms with Gasteiger partial charge in [0.1, 0.15) is 0 Å². The van der Waals surface area contributed by atoms with Crippen LogP contribution in [0.5, 0.6) is 0 Å². The third-order valence-corrected chi connectivity index (χ3v) is 3.23. The lowest BCUT2D eigenvalue weighted by molar-refractivity contribution is -0.152. The van der Waals surface area contributed by atoms with Crippen LogP contribution >= 0.6 is 0 Å². The SMILES string of the molecule is CC(C)CC(OCc1ccc(C(C)(C)C)cc1)C(=O)O. The Bertz CT molecular complexity index is 427. The smallest absolute Gasteiger partial charge is 0.332 e. The summed E-state index contributed by atoms with van der Waals surface area (Å²) in [6.07, 6.45) is -0.188. The Kier molecular flexibility index (Phi) is 5.75. The number of benzene rings is 1. The minimum absolute atomic E-state index is 0.126. The molecule has 0 bridgehead atoms. The second kappa shape index (κ2) is 6.89. The molecule has 1 rings (SSSR count). The molecule has 0 heterocycles. The molecule has 1 unspecified atom stereocenters. The Morgan fingerprint density at radius 2 is 1.75 bits per heavy atom. The van der Waals surface area contributed by atoms with Gasteiger partial charge in [-0.15, -0.1) is 0 Å². The van der Waals surface area contributed by atoms with E-state index in [0.29, 0.717) is 18.9 Å². The highest BCUT2D eigenvalue weighted by Crippen LogP contribution is 2.22. The van der Waals surface area contributed by atoms with Crippen molar-refractivity contribution in [3.63, 3.8) is 0 Å². The van der Waals surface area contributed by atoms with Crippen LogP contribution in [0.1, 0.15) is 52.2 Å². The number of aliphatic carboxylic acids is 1. The van der Waals surface area contributed by atoms with Gasteiger partial charge in [0, 0.05) is 0 Å². The number of carbonyl (C=O) groups is 1. The van der Waals surface area contributed by atoms with Crippen LogP contribution in [0.15, 0.2) is 24.3 Å². The largest absolute Gasteiger partial charge is 0.479 e. The first-order valence-electron chi connectivity index (χ1n) is 7.14. The molecular weight excluding hydrogens is 252 g/mol. The summed E-state index contributed by atoms with van der Waals surface area (Å²) in [6, 6.07) is 8.18. The van der Waals surface area contributed by atoms with Crippen molar-refractivity contribution in [1.29, 1.82) is 0 Å². The first-order valence-corrected chi connectivity index (χ1v) is 7.14. The van der Waals surface area contributed by atoms with E-state index >= 15 is 0 Å². The monoisotopic (exact) mass is 278 g/mol. The van der Waals surface area contributed by atoms with Crippen molar-refractivity contribution in [1.82, 2.24) is 0 Å². The van der Waals surface area contributed by atoms with E-state index in [4.69, 9.17) is 9.84 Å². The maximum absolute atomic E-state index is 11.1. The van der Waals surface area contributed by atoms with Gasteiger partial charge in [0.2, 0.25) is 0 Å². The van der Waals surface area contributed by atoms with E-state index in [2.05, 4.69) is 32.9 Å². The molecule has 3 heteroatoms. The third kappa shape index (κ3) is 5.33. The fraction of sp³-hybridized carbons (Fsp3) is 0.588. The standard InChI is InChI=1S/C17H26O3/c1-12(2)10-15(16(18)19)20-11-13-6-8-14(9-7-13)17(3,4)5/h6-9,12,15H,10-11H2,1-5H3,(H,18,19). The topological polar surface area (TPSA) is 46.5 Å². The average Bonchev–Trinajstić information content (AvgIpc) is 2.33. The maximum Gasteiger partial charge on any atom is 0.332 e. The highest BCUT2D eigenvalue weighted by atomic mass is 16.5. The quantitative estimate of drug-likeness (QED) is 0.855. The van der Waals surface area contributed by atoms with Crippen LogP contribution in [-0.2, 0) is 21.6 Å². The van der Waals surface area contributed by atoms with Crippen molar-refractivity contribution in [2.24, 2.45) is 5.92 Å². The molecule has 112 valence electrons. The van der Waals surface area contributed by atoms with Gasteiger partial charge in [0.25, 0.3) is 0 Å². The van der Waals surface area contributed by atoms with E-state index < -0.39 is 12.1 Å². The predicted molar refractivity (Wildman–Crippen MR) is 80.8 cm³/mol. The average molecular weight is 278 g/mol. The number of rotatable bonds is 6. The van der Waals surface area contributed by atoms with Crippen LogP contribution in [-0.4, -0.2) is 17.2 Å². The molecule has 0 spiro atoms. The molecule has 0 aliphatic carbocycles. The van der Waals surface area contributed by atoms with Crippen LogP contribution in [0, 0.1) is 5.92 Å². The van der Waals surface area contributed by atoms with Crippen molar-refractivity contribution in [2.45, 2.75) is 59.2 Å². The fourth-order valence-electron chi connectivity index (χ4n) is 1.97. The lowest BCUT2D eigenvalue weighted by atomic mass is 9.87. The number of carboxylic acids is 1. The summed E-state index contributed by atoms with van der Waals surface area (Å²) >= 11 is 0. The molecule has 3 nitrogen and oxygen atoms in total. The highest BCUT2D eigenvalue weighted by Gasteiger charge is 2.19. The van der Waals surface area contributed by atoms with Crippen LogP contribution in [0.4, 0.5) is 0 Å². The Morgan fingerprint density at radius 3 is 2.15 bits per heavy atom. The zero-order valence-corrected chi connectivity index (χ0v) is 13.1. The highest BCUT2D eigenvalue weighted by molar-refractivity contribution is 5.72. The third-order valence-electron chi connectivity index (χ3n) is 3.23.